The monoisotopic (exact) mass is 413 g/mol. The van der Waals surface area contributed by atoms with Crippen LogP contribution in [-0.2, 0) is 4.79 Å². The number of aromatic nitrogens is 2. The maximum absolute atomic E-state index is 12.3. The second-order valence-electron chi connectivity index (χ2n) is 10.8. The van der Waals surface area contributed by atoms with Gasteiger partial charge in [0.1, 0.15) is 0 Å². The Kier molecular flexibility index (Phi) is 5.95. The minimum atomic E-state index is -0.303. The first-order valence-electron chi connectivity index (χ1n) is 11.9. The number of fused-ring (bicyclic) bond motifs is 2. The van der Waals surface area contributed by atoms with Gasteiger partial charge in [0.05, 0.1) is 18.1 Å². The molecule has 1 amide bonds. The number of hydrogen-bond acceptors (Lipinski definition) is 5. The molecular formula is C24H39N5O. The van der Waals surface area contributed by atoms with Crippen molar-refractivity contribution in [3.8, 4) is 0 Å². The Morgan fingerprint density at radius 3 is 2.43 bits per heavy atom. The van der Waals surface area contributed by atoms with Crippen molar-refractivity contribution in [2.24, 2.45) is 40.7 Å². The summed E-state index contributed by atoms with van der Waals surface area (Å²) in [6.07, 6.45) is 10.2. The highest BCUT2D eigenvalue weighted by atomic mass is 16.1. The zero-order valence-corrected chi connectivity index (χ0v) is 19.1. The number of hydrogen-bond donors (Lipinski definition) is 2. The molecule has 0 spiro atoms. The Morgan fingerprint density at radius 1 is 1.17 bits per heavy atom. The second kappa shape index (κ2) is 8.35. The fraction of sp³-hybridized carbons (Fsp3) is 0.792. The number of nitrogens with one attached hydrogen (secondary N) is 1. The lowest BCUT2D eigenvalue weighted by Crippen LogP contribution is -2.54. The lowest BCUT2D eigenvalue weighted by Gasteiger charge is -2.52. The van der Waals surface area contributed by atoms with Crippen LogP contribution in [0.2, 0.25) is 0 Å². The van der Waals surface area contributed by atoms with Gasteiger partial charge in [0.25, 0.3) is 0 Å². The van der Waals surface area contributed by atoms with E-state index in [1.807, 2.05) is 12.4 Å². The lowest BCUT2D eigenvalue weighted by atomic mass is 9.54. The number of piperidine rings is 1. The molecular weight excluding hydrogens is 374 g/mol. The Hall–Kier alpha value is -1.85. The molecule has 2 bridgehead atoms. The Balaban J connectivity index is 1.41. The van der Waals surface area contributed by atoms with Gasteiger partial charge in [-0.1, -0.05) is 27.7 Å². The molecule has 3 fully saturated rings. The third kappa shape index (κ3) is 4.15. The average Bonchev–Trinajstić information content (AvgIpc) is 2.71. The van der Waals surface area contributed by atoms with E-state index in [4.69, 9.17) is 5.73 Å². The maximum atomic E-state index is 12.3. The zero-order valence-electron chi connectivity index (χ0n) is 19.1. The second-order valence-corrected chi connectivity index (χ2v) is 10.8. The van der Waals surface area contributed by atoms with Crippen LogP contribution in [0.25, 0.3) is 0 Å². The normalized spacial score (nSPS) is 34.8. The summed E-state index contributed by atoms with van der Waals surface area (Å²) in [5.74, 6) is 3.74. The molecule has 6 nitrogen and oxygen atoms in total. The number of primary amides is 1. The van der Waals surface area contributed by atoms with E-state index in [1.165, 1.54) is 12.8 Å². The number of carbonyl (C=O) groups excluding carboxylic acids is 1. The van der Waals surface area contributed by atoms with E-state index >= 15 is 0 Å². The van der Waals surface area contributed by atoms with Gasteiger partial charge in [0, 0.05) is 24.5 Å². The van der Waals surface area contributed by atoms with Crippen molar-refractivity contribution in [1.29, 1.82) is 0 Å². The summed E-state index contributed by atoms with van der Waals surface area (Å²) in [5, 5.41) is 3.72. The van der Waals surface area contributed by atoms with Gasteiger partial charge >= 0.3 is 0 Å². The highest BCUT2D eigenvalue weighted by molar-refractivity contribution is 5.81. The van der Waals surface area contributed by atoms with Crippen LogP contribution in [0.4, 0.5) is 11.6 Å². The third-order valence-electron chi connectivity index (χ3n) is 8.19. The van der Waals surface area contributed by atoms with Gasteiger partial charge in [-0.05, 0) is 68.1 Å². The summed E-state index contributed by atoms with van der Waals surface area (Å²) in [6, 6.07) is 0.344. The molecule has 5 unspecified atom stereocenters. The Bertz CT molecular complexity index is 738. The summed E-state index contributed by atoms with van der Waals surface area (Å²) < 4.78 is 0. The van der Waals surface area contributed by atoms with Crippen molar-refractivity contribution in [1.82, 2.24) is 9.97 Å². The van der Waals surface area contributed by atoms with Crippen molar-refractivity contribution in [2.75, 3.05) is 23.3 Å². The number of anilines is 2. The first kappa shape index (κ1) is 21.4. The summed E-state index contributed by atoms with van der Waals surface area (Å²) in [6.45, 7) is 11.3. The topological polar surface area (TPSA) is 84.1 Å². The molecule has 3 N–H and O–H groups in total. The fourth-order valence-electron chi connectivity index (χ4n) is 6.66. The summed E-state index contributed by atoms with van der Waals surface area (Å²) in [7, 11) is 0. The first-order chi connectivity index (χ1) is 14.3. The van der Waals surface area contributed by atoms with E-state index in [0.29, 0.717) is 23.8 Å². The molecule has 2 aliphatic carbocycles. The predicted molar refractivity (Wildman–Crippen MR) is 121 cm³/mol. The maximum Gasteiger partial charge on any atom is 0.225 e. The van der Waals surface area contributed by atoms with Crippen molar-refractivity contribution in [2.45, 2.75) is 72.3 Å². The molecule has 2 heterocycles. The lowest BCUT2D eigenvalue weighted by molar-refractivity contribution is -0.136. The number of nitrogens with zero attached hydrogens (tertiary/aromatic N) is 3. The molecule has 5 atom stereocenters. The molecule has 0 aromatic carbocycles. The van der Waals surface area contributed by atoms with Gasteiger partial charge in [-0.15, -0.1) is 0 Å². The zero-order chi connectivity index (χ0) is 21.5. The number of amides is 1. The van der Waals surface area contributed by atoms with Gasteiger partial charge in [-0.3, -0.25) is 4.79 Å². The molecule has 1 aromatic rings. The quantitative estimate of drug-likeness (QED) is 0.760. The van der Waals surface area contributed by atoms with E-state index in [1.54, 1.807) is 0 Å². The molecule has 166 valence electrons. The van der Waals surface area contributed by atoms with Crippen LogP contribution >= 0.6 is 0 Å². The van der Waals surface area contributed by atoms with E-state index in [0.717, 1.165) is 62.2 Å². The van der Waals surface area contributed by atoms with Gasteiger partial charge in [-0.25, -0.2) is 9.97 Å². The van der Waals surface area contributed by atoms with Crippen LogP contribution in [0.1, 0.15) is 66.2 Å². The van der Waals surface area contributed by atoms with Gasteiger partial charge in [-0.2, -0.15) is 0 Å². The standard InChI is InChI=1S/C24H39N5O/c1-15(2)18-5-7-29(8-6-18)23-26-13-20(14-27-23)28-21-17(4)11-24(22(25)30)10-16(3)9-19(21)12-24/h13-19,21,28H,5-12H2,1-4H3,(H2,25,30). The van der Waals surface area contributed by atoms with Crippen LogP contribution in [-0.4, -0.2) is 35.0 Å². The van der Waals surface area contributed by atoms with Crippen molar-refractivity contribution in [3.63, 3.8) is 0 Å². The van der Waals surface area contributed by atoms with Gasteiger partial charge < -0.3 is 16.0 Å². The molecule has 0 radical (unpaired) electrons. The predicted octanol–water partition coefficient (Wildman–Crippen LogP) is 4.08. The summed E-state index contributed by atoms with van der Waals surface area (Å²) in [4.78, 5) is 23.9. The van der Waals surface area contributed by atoms with Crippen LogP contribution in [0, 0.1) is 35.0 Å². The highest BCUT2D eigenvalue weighted by Crippen LogP contribution is 2.53. The molecule has 1 saturated heterocycles. The number of rotatable bonds is 5. The fourth-order valence-corrected chi connectivity index (χ4v) is 6.66. The molecule has 2 saturated carbocycles. The molecule has 1 aromatic heterocycles. The first-order valence-corrected chi connectivity index (χ1v) is 11.9. The van der Waals surface area contributed by atoms with Crippen molar-refractivity contribution in [3.05, 3.63) is 12.4 Å². The SMILES string of the molecule is CC1CC2CC(C(N)=O)(C1)CC(C)C2Nc1cnc(N2CCC(C(C)C)CC2)nc1. The van der Waals surface area contributed by atoms with Gasteiger partial charge in [0.15, 0.2) is 0 Å². The van der Waals surface area contributed by atoms with Crippen LogP contribution < -0.4 is 16.0 Å². The van der Waals surface area contributed by atoms with Crippen LogP contribution in [0.15, 0.2) is 12.4 Å². The minimum Gasteiger partial charge on any atom is -0.379 e. The minimum absolute atomic E-state index is 0.0988. The van der Waals surface area contributed by atoms with E-state index < -0.39 is 0 Å². The summed E-state index contributed by atoms with van der Waals surface area (Å²) in [5.41, 5.74) is 6.54. The van der Waals surface area contributed by atoms with Crippen molar-refractivity contribution >= 4 is 17.5 Å². The highest BCUT2D eigenvalue weighted by Gasteiger charge is 2.51. The molecule has 4 rings (SSSR count). The molecule has 30 heavy (non-hydrogen) atoms. The van der Waals surface area contributed by atoms with Crippen molar-refractivity contribution < 1.29 is 4.79 Å². The van der Waals surface area contributed by atoms with E-state index in [2.05, 4.69) is 47.9 Å². The molecule has 6 heteroatoms. The summed E-state index contributed by atoms with van der Waals surface area (Å²) >= 11 is 0. The molecule has 1 aliphatic heterocycles. The molecule has 3 aliphatic rings. The average molecular weight is 414 g/mol. The largest absolute Gasteiger partial charge is 0.379 e. The van der Waals surface area contributed by atoms with Crippen LogP contribution in [0.5, 0.6) is 0 Å². The van der Waals surface area contributed by atoms with E-state index in [-0.39, 0.29) is 11.3 Å². The van der Waals surface area contributed by atoms with Crippen LogP contribution in [0.3, 0.4) is 0 Å². The Morgan fingerprint density at radius 2 is 1.83 bits per heavy atom. The van der Waals surface area contributed by atoms with E-state index in [9.17, 15) is 4.79 Å². The third-order valence-corrected chi connectivity index (χ3v) is 8.19. The smallest absolute Gasteiger partial charge is 0.225 e. The number of carbonyl (C=O) groups is 1. The van der Waals surface area contributed by atoms with Gasteiger partial charge in [0.2, 0.25) is 11.9 Å². The number of nitrogens with two attached hydrogens (primary N) is 1. The Labute approximate surface area is 181 Å².